The highest BCUT2D eigenvalue weighted by Crippen LogP contribution is 2.21. The number of amides is 1. The molecule has 0 aliphatic carbocycles. The highest BCUT2D eigenvalue weighted by atomic mass is 16.6. The number of nitro groups is 1. The molecule has 0 aromatic heterocycles. The fraction of sp³-hybridized carbons (Fsp3) is 0.500. The molecule has 0 saturated heterocycles. The Balaban J connectivity index is 3.00. The molecule has 1 N–H and O–H groups in total. The van der Waals surface area contributed by atoms with Crippen molar-refractivity contribution in [2.45, 2.75) is 40.2 Å². The summed E-state index contributed by atoms with van der Waals surface area (Å²) in [5.41, 5.74) is 0.752. The quantitative estimate of drug-likeness (QED) is 0.656. The first kappa shape index (κ1) is 15.1. The number of hydrogen-bond donors (Lipinski definition) is 1. The second-order valence-corrected chi connectivity index (χ2v) is 4.94. The number of hydrogen-bond acceptors (Lipinski definition) is 3. The van der Waals surface area contributed by atoms with Gasteiger partial charge in [-0.2, -0.15) is 0 Å². The minimum atomic E-state index is -0.466. The molecule has 0 fully saturated rings. The maximum absolute atomic E-state index is 12.2. The second kappa shape index (κ2) is 6.31. The molecule has 0 radical (unpaired) electrons. The van der Waals surface area contributed by atoms with Crippen LogP contribution in [-0.4, -0.2) is 16.9 Å². The molecule has 0 spiro atoms. The zero-order valence-electron chi connectivity index (χ0n) is 11.8. The molecule has 1 atom stereocenters. The van der Waals surface area contributed by atoms with Crippen molar-refractivity contribution in [1.82, 2.24) is 5.32 Å². The van der Waals surface area contributed by atoms with Gasteiger partial charge < -0.3 is 5.32 Å². The van der Waals surface area contributed by atoms with E-state index in [1.807, 2.05) is 20.8 Å². The Labute approximate surface area is 113 Å². The van der Waals surface area contributed by atoms with Crippen molar-refractivity contribution in [1.29, 1.82) is 0 Å². The number of benzene rings is 1. The van der Waals surface area contributed by atoms with Crippen molar-refractivity contribution in [2.24, 2.45) is 5.92 Å². The Morgan fingerprint density at radius 1 is 1.42 bits per heavy atom. The van der Waals surface area contributed by atoms with Gasteiger partial charge in [-0.3, -0.25) is 14.9 Å². The SMILES string of the molecule is CC[C@H](NC(=O)c1cccc([N+](=O)[O-])c1C)C(C)C. The average molecular weight is 264 g/mol. The summed E-state index contributed by atoms with van der Waals surface area (Å²) in [6.45, 7) is 7.68. The third-order valence-corrected chi connectivity index (χ3v) is 3.31. The lowest BCUT2D eigenvalue weighted by atomic mass is 10.00. The van der Waals surface area contributed by atoms with E-state index in [-0.39, 0.29) is 17.6 Å². The molecule has 5 heteroatoms. The van der Waals surface area contributed by atoms with Crippen LogP contribution in [0.3, 0.4) is 0 Å². The van der Waals surface area contributed by atoms with Crippen LogP contribution in [0.1, 0.15) is 43.1 Å². The van der Waals surface area contributed by atoms with E-state index in [1.54, 1.807) is 13.0 Å². The van der Waals surface area contributed by atoms with Crippen molar-refractivity contribution in [3.63, 3.8) is 0 Å². The first-order chi connectivity index (χ1) is 8.88. The van der Waals surface area contributed by atoms with Gasteiger partial charge >= 0.3 is 0 Å². The third-order valence-electron chi connectivity index (χ3n) is 3.31. The van der Waals surface area contributed by atoms with Gasteiger partial charge in [0.15, 0.2) is 0 Å². The summed E-state index contributed by atoms with van der Waals surface area (Å²) in [5.74, 6) is 0.0784. The lowest BCUT2D eigenvalue weighted by Gasteiger charge is -2.21. The molecule has 1 rings (SSSR count). The number of rotatable bonds is 5. The maximum Gasteiger partial charge on any atom is 0.273 e. The summed E-state index contributed by atoms with van der Waals surface area (Å²) in [6.07, 6.45) is 0.831. The lowest BCUT2D eigenvalue weighted by Crippen LogP contribution is -2.38. The predicted molar refractivity (Wildman–Crippen MR) is 74.2 cm³/mol. The fourth-order valence-electron chi connectivity index (χ4n) is 2.05. The Kier molecular flexibility index (Phi) is 5.03. The number of nitrogens with zero attached hydrogens (tertiary/aromatic N) is 1. The van der Waals surface area contributed by atoms with Crippen molar-refractivity contribution in [3.05, 3.63) is 39.4 Å². The van der Waals surface area contributed by atoms with E-state index >= 15 is 0 Å². The molecule has 19 heavy (non-hydrogen) atoms. The van der Waals surface area contributed by atoms with Gasteiger partial charge in [0.2, 0.25) is 0 Å². The molecule has 0 heterocycles. The maximum atomic E-state index is 12.2. The van der Waals surface area contributed by atoms with Crippen LogP contribution in [-0.2, 0) is 0 Å². The number of nitro benzene ring substituents is 1. The van der Waals surface area contributed by atoms with Crippen LogP contribution in [0.2, 0.25) is 0 Å². The molecule has 1 aromatic carbocycles. The van der Waals surface area contributed by atoms with Crippen molar-refractivity contribution in [2.75, 3.05) is 0 Å². The van der Waals surface area contributed by atoms with Gasteiger partial charge in [-0.1, -0.05) is 26.8 Å². The molecule has 1 amide bonds. The first-order valence-electron chi connectivity index (χ1n) is 6.43. The Bertz CT molecular complexity index is 484. The summed E-state index contributed by atoms with van der Waals surface area (Å²) in [6, 6.07) is 4.64. The molecule has 104 valence electrons. The van der Waals surface area contributed by atoms with Crippen LogP contribution >= 0.6 is 0 Å². The number of carbonyl (C=O) groups is 1. The van der Waals surface area contributed by atoms with E-state index in [2.05, 4.69) is 5.32 Å². The van der Waals surface area contributed by atoms with Crippen molar-refractivity contribution in [3.8, 4) is 0 Å². The van der Waals surface area contributed by atoms with Gasteiger partial charge in [0, 0.05) is 23.2 Å². The van der Waals surface area contributed by atoms with Crippen LogP contribution < -0.4 is 5.32 Å². The van der Waals surface area contributed by atoms with Crippen molar-refractivity contribution < 1.29 is 9.72 Å². The average Bonchev–Trinajstić information content (AvgIpc) is 2.35. The summed E-state index contributed by atoms with van der Waals surface area (Å²) in [4.78, 5) is 22.6. The zero-order chi connectivity index (χ0) is 14.6. The third kappa shape index (κ3) is 3.53. The van der Waals surface area contributed by atoms with Gasteiger partial charge in [-0.15, -0.1) is 0 Å². The zero-order valence-corrected chi connectivity index (χ0v) is 11.8. The molecule has 5 nitrogen and oxygen atoms in total. The van der Waals surface area contributed by atoms with Crippen LogP contribution in [0.15, 0.2) is 18.2 Å². The van der Waals surface area contributed by atoms with E-state index in [4.69, 9.17) is 0 Å². The Morgan fingerprint density at radius 2 is 2.05 bits per heavy atom. The van der Waals surface area contributed by atoms with Crippen LogP contribution in [0.25, 0.3) is 0 Å². The van der Waals surface area contributed by atoms with Crippen molar-refractivity contribution >= 4 is 11.6 Å². The molecule has 0 aliphatic heterocycles. The fourth-order valence-corrected chi connectivity index (χ4v) is 2.05. The molecule has 0 unspecified atom stereocenters. The highest BCUT2D eigenvalue weighted by molar-refractivity contribution is 5.96. The number of nitrogens with one attached hydrogen (secondary N) is 1. The number of carbonyl (C=O) groups excluding carboxylic acids is 1. The summed E-state index contributed by atoms with van der Waals surface area (Å²) in [7, 11) is 0. The van der Waals surface area contributed by atoms with E-state index < -0.39 is 4.92 Å². The highest BCUT2D eigenvalue weighted by Gasteiger charge is 2.20. The van der Waals surface area contributed by atoms with Crippen LogP contribution in [0.5, 0.6) is 0 Å². The van der Waals surface area contributed by atoms with Gasteiger partial charge in [-0.05, 0) is 25.3 Å². The van der Waals surface area contributed by atoms with Gasteiger partial charge in [0.25, 0.3) is 11.6 Å². The molecule has 0 saturated carbocycles. The van der Waals surface area contributed by atoms with Gasteiger partial charge in [-0.25, -0.2) is 0 Å². The summed E-state index contributed by atoms with van der Waals surface area (Å²) < 4.78 is 0. The molecule has 1 aromatic rings. The normalized spacial score (nSPS) is 12.3. The van der Waals surface area contributed by atoms with E-state index in [0.717, 1.165) is 6.42 Å². The lowest BCUT2D eigenvalue weighted by molar-refractivity contribution is -0.385. The predicted octanol–water partition coefficient (Wildman–Crippen LogP) is 3.07. The Hall–Kier alpha value is -1.91. The summed E-state index contributed by atoms with van der Waals surface area (Å²) >= 11 is 0. The molecular weight excluding hydrogens is 244 g/mol. The molecule has 0 bridgehead atoms. The van der Waals surface area contributed by atoms with E-state index in [1.165, 1.54) is 12.1 Å². The molecule has 0 aliphatic rings. The van der Waals surface area contributed by atoms with Gasteiger partial charge in [0.05, 0.1) is 4.92 Å². The minimum Gasteiger partial charge on any atom is -0.349 e. The van der Waals surface area contributed by atoms with E-state index in [9.17, 15) is 14.9 Å². The molecular formula is C14H20N2O3. The van der Waals surface area contributed by atoms with Crippen LogP contribution in [0.4, 0.5) is 5.69 Å². The van der Waals surface area contributed by atoms with Crippen LogP contribution in [0, 0.1) is 23.0 Å². The largest absolute Gasteiger partial charge is 0.349 e. The topological polar surface area (TPSA) is 72.2 Å². The van der Waals surface area contributed by atoms with E-state index in [0.29, 0.717) is 17.0 Å². The monoisotopic (exact) mass is 264 g/mol. The second-order valence-electron chi connectivity index (χ2n) is 4.94. The Morgan fingerprint density at radius 3 is 2.53 bits per heavy atom. The standard InChI is InChI=1S/C14H20N2O3/c1-5-12(9(2)3)15-14(17)11-7-6-8-13(10(11)4)16(18)19/h6-9,12H,5H2,1-4H3,(H,15,17)/t12-/m0/s1. The minimum absolute atomic E-state index is 0.0229. The summed E-state index contributed by atoms with van der Waals surface area (Å²) in [5, 5.41) is 13.8. The van der Waals surface area contributed by atoms with Gasteiger partial charge in [0.1, 0.15) is 0 Å². The smallest absolute Gasteiger partial charge is 0.273 e. The first-order valence-corrected chi connectivity index (χ1v) is 6.43.